The maximum Gasteiger partial charge on any atom is 0.274 e. The van der Waals surface area contributed by atoms with Gasteiger partial charge in [-0.05, 0) is 26.8 Å². The molecule has 136 valence electrons. The predicted octanol–water partition coefficient (Wildman–Crippen LogP) is 1.04. The highest BCUT2D eigenvalue weighted by atomic mass is 16.2. The summed E-state index contributed by atoms with van der Waals surface area (Å²) in [6.07, 6.45) is 5.50. The summed E-state index contributed by atoms with van der Waals surface area (Å²) in [4.78, 5) is 38.5. The van der Waals surface area contributed by atoms with Gasteiger partial charge in [-0.2, -0.15) is 0 Å². The molecule has 2 saturated heterocycles. The van der Waals surface area contributed by atoms with E-state index in [0.29, 0.717) is 38.3 Å². The van der Waals surface area contributed by atoms with Gasteiger partial charge in [-0.15, -0.1) is 6.58 Å². The summed E-state index contributed by atoms with van der Waals surface area (Å²) in [5.74, 6) is 0.154. The number of rotatable bonds is 3. The van der Waals surface area contributed by atoms with E-state index < -0.39 is 0 Å². The van der Waals surface area contributed by atoms with Gasteiger partial charge >= 0.3 is 0 Å². The second-order valence-corrected chi connectivity index (χ2v) is 7.13. The van der Waals surface area contributed by atoms with Crippen LogP contribution in [0.3, 0.4) is 0 Å². The van der Waals surface area contributed by atoms with Crippen molar-refractivity contribution in [3.8, 4) is 0 Å². The number of hydrogen-bond acceptors (Lipinski definition) is 4. The minimum atomic E-state index is -0.149. The van der Waals surface area contributed by atoms with Crippen molar-refractivity contribution in [2.45, 2.75) is 31.7 Å². The number of H-pyrrole nitrogens is 1. The number of carbonyl (C=O) groups excluding carboxylic acids is 2. The molecule has 0 aliphatic carbocycles. The number of likely N-dealkylation sites (N-methyl/N-ethyl adjacent to an activating group) is 1. The third-order valence-corrected chi connectivity index (χ3v) is 5.67. The van der Waals surface area contributed by atoms with Gasteiger partial charge in [0.05, 0.1) is 6.33 Å². The Morgan fingerprint density at radius 3 is 2.88 bits per heavy atom. The highest BCUT2D eigenvalue weighted by Gasteiger charge is 2.43. The molecule has 25 heavy (non-hydrogen) atoms. The monoisotopic (exact) mass is 345 g/mol. The normalized spacial score (nSPS) is 25.3. The van der Waals surface area contributed by atoms with Crippen LogP contribution < -0.4 is 0 Å². The molecule has 2 aliphatic heterocycles. The second kappa shape index (κ2) is 7.00. The van der Waals surface area contributed by atoms with Crippen molar-refractivity contribution >= 4 is 11.8 Å². The lowest BCUT2D eigenvalue weighted by molar-refractivity contribution is -0.130. The smallest absolute Gasteiger partial charge is 0.274 e. The lowest BCUT2D eigenvalue weighted by atomic mass is 9.86. The van der Waals surface area contributed by atoms with Crippen molar-refractivity contribution in [3.05, 3.63) is 30.4 Å². The SMILES string of the molecule is C=CCN1CC[C@]2(CCC1=O)CN(C(=O)c1nc[nH]c1C)CCN2C. The molecule has 3 heterocycles. The van der Waals surface area contributed by atoms with Gasteiger partial charge in [0.2, 0.25) is 5.91 Å². The highest BCUT2D eigenvalue weighted by molar-refractivity contribution is 5.93. The van der Waals surface area contributed by atoms with Crippen LogP contribution in [0.1, 0.15) is 35.4 Å². The molecule has 1 aromatic rings. The van der Waals surface area contributed by atoms with Crippen LogP contribution in [0.5, 0.6) is 0 Å². The first-order chi connectivity index (χ1) is 12.0. The summed E-state index contributed by atoms with van der Waals surface area (Å²) in [7, 11) is 2.11. The fraction of sp³-hybridized carbons (Fsp3) is 0.611. The molecule has 0 saturated carbocycles. The average molecular weight is 345 g/mol. The summed E-state index contributed by atoms with van der Waals surface area (Å²) in [5, 5.41) is 0. The van der Waals surface area contributed by atoms with E-state index in [2.05, 4.69) is 28.5 Å². The van der Waals surface area contributed by atoms with Gasteiger partial charge in [0.15, 0.2) is 0 Å². The second-order valence-electron chi connectivity index (χ2n) is 7.13. The molecule has 2 aliphatic rings. The number of nitrogens with one attached hydrogen (secondary N) is 1. The number of imidazole rings is 1. The minimum Gasteiger partial charge on any atom is -0.348 e. The first kappa shape index (κ1) is 17.7. The molecule has 0 radical (unpaired) electrons. The fourth-order valence-corrected chi connectivity index (χ4v) is 3.94. The zero-order valence-corrected chi connectivity index (χ0v) is 15.1. The third kappa shape index (κ3) is 3.33. The van der Waals surface area contributed by atoms with Crippen molar-refractivity contribution in [1.82, 2.24) is 24.7 Å². The Kier molecular flexibility index (Phi) is 4.94. The quantitative estimate of drug-likeness (QED) is 0.831. The number of aromatic amines is 1. The van der Waals surface area contributed by atoms with E-state index in [1.807, 2.05) is 16.7 Å². The van der Waals surface area contributed by atoms with E-state index in [1.54, 1.807) is 12.4 Å². The standard InChI is InChI=1S/C18H27N5O2/c1-4-8-22-9-7-18(6-5-15(22)24)12-23(11-10-21(18)3)17(25)16-14(2)19-13-20-16/h4,13H,1,5-12H2,2-3H3,(H,19,20)/t18-/m1/s1. The minimum absolute atomic E-state index is 0.0234. The van der Waals surface area contributed by atoms with Crippen LogP contribution in [0, 0.1) is 6.92 Å². The van der Waals surface area contributed by atoms with Crippen molar-refractivity contribution in [1.29, 1.82) is 0 Å². The van der Waals surface area contributed by atoms with Crippen LogP contribution >= 0.6 is 0 Å². The van der Waals surface area contributed by atoms with E-state index in [4.69, 9.17) is 0 Å². The van der Waals surface area contributed by atoms with E-state index in [1.165, 1.54) is 0 Å². The van der Waals surface area contributed by atoms with Gasteiger partial charge in [-0.25, -0.2) is 4.98 Å². The molecule has 3 rings (SSSR count). The van der Waals surface area contributed by atoms with Gasteiger partial charge in [0.25, 0.3) is 5.91 Å². The molecule has 0 aromatic carbocycles. The number of hydrogen-bond donors (Lipinski definition) is 1. The highest BCUT2D eigenvalue weighted by Crippen LogP contribution is 2.32. The molecule has 7 heteroatoms. The Balaban J connectivity index is 1.78. The summed E-state index contributed by atoms with van der Waals surface area (Å²) >= 11 is 0. The molecule has 1 spiro atoms. The van der Waals surface area contributed by atoms with Gasteiger partial charge < -0.3 is 14.8 Å². The van der Waals surface area contributed by atoms with E-state index in [9.17, 15) is 9.59 Å². The number of nitrogens with zero attached hydrogens (tertiary/aromatic N) is 4. The average Bonchev–Trinajstić information content (AvgIpc) is 2.97. The van der Waals surface area contributed by atoms with E-state index >= 15 is 0 Å². The van der Waals surface area contributed by atoms with Crippen molar-refractivity contribution in [3.63, 3.8) is 0 Å². The van der Waals surface area contributed by atoms with Crippen LogP contribution in [0.4, 0.5) is 0 Å². The zero-order valence-electron chi connectivity index (χ0n) is 15.1. The van der Waals surface area contributed by atoms with E-state index in [0.717, 1.165) is 25.1 Å². The van der Waals surface area contributed by atoms with Gasteiger partial charge in [0, 0.05) is 50.4 Å². The van der Waals surface area contributed by atoms with Gasteiger partial charge in [-0.1, -0.05) is 6.08 Å². The molecule has 7 nitrogen and oxygen atoms in total. The number of piperazine rings is 1. The van der Waals surface area contributed by atoms with Crippen LogP contribution in [0.25, 0.3) is 0 Å². The summed E-state index contributed by atoms with van der Waals surface area (Å²) in [5.41, 5.74) is 1.15. The topological polar surface area (TPSA) is 72.5 Å². The van der Waals surface area contributed by atoms with Gasteiger partial charge in [-0.3, -0.25) is 14.5 Å². The summed E-state index contributed by atoms with van der Waals surface area (Å²) < 4.78 is 0. The van der Waals surface area contributed by atoms with Crippen molar-refractivity contribution < 1.29 is 9.59 Å². The Morgan fingerprint density at radius 2 is 2.20 bits per heavy atom. The van der Waals surface area contributed by atoms with Crippen LogP contribution in [-0.4, -0.2) is 81.8 Å². The maximum atomic E-state index is 12.9. The molecule has 1 N–H and O–H groups in total. The lowest BCUT2D eigenvalue weighted by Gasteiger charge is -2.49. The molecule has 1 aromatic heterocycles. The Bertz CT molecular complexity index is 670. The van der Waals surface area contributed by atoms with Crippen LogP contribution in [0.15, 0.2) is 19.0 Å². The summed E-state index contributed by atoms with van der Waals surface area (Å²) in [6, 6.07) is 0. The predicted molar refractivity (Wildman–Crippen MR) is 95.2 cm³/mol. The first-order valence-corrected chi connectivity index (χ1v) is 8.86. The van der Waals surface area contributed by atoms with Crippen molar-refractivity contribution in [2.24, 2.45) is 0 Å². The molecule has 2 amide bonds. The molecule has 0 bridgehead atoms. The zero-order chi connectivity index (χ0) is 18.0. The van der Waals surface area contributed by atoms with Crippen LogP contribution in [0.2, 0.25) is 0 Å². The Labute approximate surface area is 148 Å². The largest absolute Gasteiger partial charge is 0.348 e. The number of carbonyl (C=O) groups is 2. The molecule has 0 unspecified atom stereocenters. The molecular formula is C18H27N5O2. The molecule has 1 atom stereocenters. The van der Waals surface area contributed by atoms with Gasteiger partial charge in [0.1, 0.15) is 5.69 Å². The van der Waals surface area contributed by atoms with E-state index in [-0.39, 0.29) is 17.4 Å². The Hall–Kier alpha value is -2.15. The number of amides is 2. The number of aromatic nitrogens is 2. The van der Waals surface area contributed by atoms with Crippen molar-refractivity contribution in [2.75, 3.05) is 39.8 Å². The molecule has 2 fully saturated rings. The maximum absolute atomic E-state index is 12.9. The van der Waals surface area contributed by atoms with Crippen LogP contribution in [-0.2, 0) is 4.79 Å². The fourth-order valence-electron chi connectivity index (χ4n) is 3.94. The Morgan fingerprint density at radius 1 is 1.40 bits per heavy atom. The lowest BCUT2D eigenvalue weighted by Crippen LogP contribution is -2.62. The number of likely N-dealkylation sites (tertiary alicyclic amines) is 1. The summed E-state index contributed by atoms with van der Waals surface area (Å²) in [6.45, 7) is 9.05. The first-order valence-electron chi connectivity index (χ1n) is 8.86. The third-order valence-electron chi connectivity index (χ3n) is 5.67. The molecular weight excluding hydrogens is 318 g/mol. The number of aryl methyl sites for hydroxylation is 1.